The molecule has 0 amide bonds. The van der Waals surface area contributed by atoms with Crippen LogP contribution in [-0.4, -0.2) is 25.6 Å². The third kappa shape index (κ3) is 8.59. The van der Waals surface area contributed by atoms with E-state index >= 15 is 0 Å². The van der Waals surface area contributed by atoms with Crippen molar-refractivity contribution >= 4 is 17.0 Å². The molecule has 0 saturated carbocycles. The normalized spacial score (nSPS) is 13.9. The summed E-state index contributed by atoms with van der Waals surface area (Å²) in [6.45, 7) is 4.03. The molecule has 6 heteroatoms. The van der Waals surface area contributed by atoms with Crippen LogP contribution in [0, 0.1) is 0 Å². The third-order valence-electron chi connectivity index (χ3n) is 10.4. The Kier molecular flexibility index (Phi) is 11.0. The highest BCUT2D eigenvalue weighted by Crippen LogP contribution is 2.32. The highest BCUT2D eigenvalue weighted by Gasteiger charge is 2.19. The molecule has 1 aliphatic rings. The maximum atomic E-state index is 5.25. The van der Waals surface area contributed by atoms with Gasteiger partial charge >= 0.3 is 0 Å². The number of aromatic nitrogens is 4. The fourth-order valence-corrected chi connectivity index (χ4v) is 7.28. The maximum Gasteiger partial charge on any atom is 0.145 e. The number of hydrogen-bond acceptors (Lipinski definition) is 6. The van der Waals surface area contributed by atoms with E-state index in [0.717, 1.165) is 89.6 Å². The molecule has 4 aromatic carbocycles. The molecule has 1 N–H and O–H groups in total. The van der Waals surface area contributed by atoms with Gasteiger partial charge in [0.2, 0.25) is 0 Å². The van der Waals surface area contributed by atoms with Crippen LogP contribution in [0.15, 0.2) is 231 Å². The first-order valence-electron chi connectivity index (χ1n) is 19.8. The highest BCUT2D eigenvalue weighted by atomic mass is 15.1. The van der Waals surface area contributed by atoms with Crippen LogP contribution in [0.25, 0.3) is 67.2 Å². The van der Waals surface area contributed by atoms with Gasteiger partial charge in [-0.05, 0) is 88.0 Å². The van der Waals surface area contributed by atoms with Crippen LogP contribution >= 0.6 is 0 Å². The number of hydrogen-bond donors (Lipinski definition) is 1. The summed E-state index contributed by atoms with van der Waals surface area (Å²) in [5.74, 6) is 0. The van der Waals surface area contributed by atoms with Crippen LogP contribution in [0.1, 0.15) is 22.9 Å². The van der Waals surface area contributed by atoms with Gasteiger partial charge in [-0.3, -0.25) is 24.9 Å². The topological polar surface area (TPSA) is 76.0 Å². The molecule has 5 heterocycles. The monoisotopic (exact) mass is 772 g/mol. The molecule has 0 spiro atoms. The van der Waals surface area contributed by atoms with Gasteiger partial charge in [0.05, 0.1) is 17.1 Å². The Morgan fingerprint density at radius 1 is 0.517 bits per heavy atom. The summed E-state index contributed by atoms with van der Waals surface area (Å²) in [6.07, 6.45) is 20.9. The van der Waals surface area contributed by atoms with Crippen molar-refractivity contribution in [2.75, 3.05) is 0 Å². The van der Waals surface area contributed by atoms with Gasteiger partial charge in [0.15, 0.2) is 0 Å². The van der Waals surface area contributed by atoms with E-state index in [1.165, 1.54) is 0 Å². The molecule has 1 atom stereocenters. The summed E-state index contributed by atoms with van der Waals surface area (Å²) in [4.78, 5) is 23.3. The van der Waals surface area contributed by atoms with E-state index in [4.69, 9.17) is 15.0 Å². The van der Waals surface area contributed by atoms with Crippen molar-refractivity contribution in [3.05, 3.63) is 242 Å². The van der Waals surface area contributed by atoms with Crippen molar-refractivity contribution in [3.63, 3.8) is 0 Å². The largest absolute Gasteiger partial charge is 0.360 e. The number of pyridine rings is 4. The molecular formula is C54H40N6. The summed E-state index contributed by atoms with van der Waals surface area (Å²) in [5, 5.41) is 3.72. The summed E-state index contributed by atoms with van der Waals surface area (Å²) < 4.78 is 0. The Balaban J connectivity index is 0.992. The van der Waals surface area contributed by atoms with Crippen molar-refractivity contribution in [1.29, 1.82) is 0 Å². The van der Waals surface area contributed by atoms with Gasteiger partial charge in [0.1, 0.15) is 6.17 Å². The number of nitrogens with zero attached hydrogens (tertiary/aromatic N) is 5. The highest BCUT2D eigenvalue weighted by molar-refractivity contribution is 6.10. The zero-order valence-corrected chi connectivity index (χ0v) is 32.8. The van der Waals surface area contributed by atoms with Crippen LogP contribution in [0.3, 0.4) is 0 Å². The first-order chi connectivity index (χ1) is 29.7. The molecule has 8 aromatic rings. The fourth-order valence-electron chi connectivity index (χ4n) is 7.28. The van der Waals surface area contributed by atoms with Gasteiger partial charge in [-0.15, -0.1) is 0 Å². The third-order valence-corrected chi connectivity index (χ3v) is 10.4. The molecule has 0 bridgehead atoms. The number of nitrogens with one attached hydrogen (secondary N) is 1. The van der Waals surface area contributed by atoms with Crippen molar-refractivity contribution < 1.29 is 0 Å². The van der Waals surface area contributed by atoms with Gasteiger partial charge in [-0.2, -0.15) is 0 Å². The molecule has 286 valence electrons. The Bertz CT molecular complexity index is 2880. The first-order valence-corrected chi connectivity index (χ1v) is 19.8. The predicted molar refractivity (Wildman–Crippen MR) is 246 cm³/mol. The lowest BCUT2D eigenvalue weighted by molar-refractivity contribution is 0.665. The van der Waals surface area contributed by atoms with Gasteiger partial charge in [0, 0.05) is 76.3 Å². The molecule has 0 saturated heterocycles. The summed E-state index contributed by atoms with van der Waals surface area (Å²) in [5.41, 5.74) is 16.3. The molecule has 1 unspecified atom stereocenters. The maximum absolute atomic E-state index is 5.25. The van der Waals surface area contributed by atoms with Crippen molar-refractivity contribution in [2.24, 2.45) is 4.99 Å². The Morgan fingerprint density at radius 3 is 1.73 bits per heavy atom. The number of aliphatic imine (C=N–C) groups is 1. The van der Waals surface area contributed by atoms with Crippen LogP contribution in [0.5, 0.6) is 0 Å². The van der Waals surface area contributed by atoms with Crippen molar-refractivity contribution in [3.8, 4) is 55.9 Å². The average Bonchev–Trinajstić information content (AvgIpc) is 3.34. The number of allylic oxidation sites excluding steroid dienone is 6. The second-order valence-corrected chi connectivity index (χ2v) is 14.4. The van der Waals surface area contributed by atoms with Crippen LogP contribution in [0.4, 0.5) is 0 Å². The van der Waals surface area contributed by atoms with Crippen LogP contribution in [0.2, 0.25) is 0 Å². The minimum absolute atomic E-state index is 0.314. The molecule has 0 radical (unpaired) electrons. The van der Waals surface area contributed by atoms with Crippen LogP contribution in [-0.2, 0) is 0 Å². The lowest BCUT2D eigenvalue weighted by Crippen LogP contribution is -2.24. The van der Waals surface area contributed by atoms with Gasteiger partial charge < -0.3 is 5.32 Å². The first kappa shape index (κ1) is 37.5. The lowest BCUT2D eigenvalue weighted by atomic mass is 9.98. The van der Waals surface area contributed by atoms with E-state index in [9.17, 15) is 0 Å². The Labute approximate surface area is 350 Å². The zero-order valence-electron chi connectivity index (χ0n) is 32.8. The van der Waals surface area contributed by atoms with E-state index in [0.29, 0.717) is 0 Å². The van der Waals surface area contributed by atoms with Crippen LogP contribution < -0.4 is 5.32 Å². The van der Waals surface area contributed by atoms with E-state index in [-0.39, 0.29) is 6.17 Å². The summed E-state index contributed by atoms with van der Waals surface area (Å²) in [7, 11) is 0. The van der Waals surface area contributed by atoms with Crippen molar-refractivity contribution in [2.45, 2.75) is 6.17 Å². The number of benzene rings is 4. The van der Waals surface area contributed by atoms with E-state index in [1.54, 1.807) is 12.4 Å². The average molecular weight is 773 g/mol. The molecule has 0 aliphatic carbocycles. The molecule has 4 aromatic heterocycles. The molecule has 9 rings (SSSR count). The standard InChI is InChI=1S/C54H40N6/c1-2-11-38(40-14-6-17-43(30-40)51-26-23-48(36-57-51)46-20-9-28-55-34-46)22-25-50-33-53(39-12-4-3-5-13-39)60-54(59-50)45-19-8-16-42(32-45)41-15-7-18-44(31-41)52-27-24-49(37-58-52)47-21-10-29-56-35-47/h2-37,54,60H,1H2/b25-22+,38-11+. The smallest absolute Gasteiger partial charge is 0.145 e. The molecular weight excluding hydrogens is 733 g/mol. The molecule has 60 heavy (non-hydrogen) atoms. The predicted octanol–water partition coefficient (Wildman–Crippen LogP) is 12.5. The molecule has 0 fully saturated rings. The second kappa shape index (κ2) is 17.6. The SMILES string of the molecule is C=C/C=C(\C=C\C1=NC(c2cccc(-c3cccc(-c4ccc(-c5cccnc5)cn4)c3)c2)NC(c2ccccc2)=C1)c1cccc(-c2ccc(-c3cccnc3)cn2)c1. The Morgan fingerprint density at radius 2 is 1.10 bits per heavy atom. The van der Waals surface area contributed by atoms with Crippen molar-refractivity contribution in [1.82, 2.24) is 25.3 Å². The fraction of sp³-hybridized carbons (Fsp3) is 0.0185. The molecule has 6 nitrogen and oxygen atoms in total. The minimum atomic E-state index is -0.314. The summed E-state index contributed by atoms with van der Waals surface area (Å²) >= 11 is 0. The van der Waals surface area contributed by atoms with Gasteiger partial charge in [0.25, 0.3) is 0 Å². The lowest BCUT2D eigenvalue weighted by Gasteiger charge is -2.24. The Hall–Kier alpha value is -8.09. The minimum Gasteiger partial charge on any atom is -0.360 e. The van der Waals surface area contributed by atoms with Gasteiger partial charge in [-0.25, -0.2) is 0 Å². The number of rotatable bonds is 11. The molecule has 1 aliphatic heterocycles. The van der Waals surface area contributed by atoms with Gasteiger partial charge in [-0.1, -0.05) is 134 Å². The van der Waals surface area contributed by atoms with E-state index in [2.05, 4.69) is 161 Å². The summed E-state index contributed by atoms with van der Waals surface area (Å²) in [6, 6.07) is 52.2. The zero-order chi connectivity index (χ0) is 40.5. The van der Waals surface area contributed by atoms with E-state index in [1.807, 2.05) is 67.3 Å². The van der Waals surface area contributed by atoms with E-state index < -0.39 is 0 Å². The second-order valence-electron chi connectivity index (χ2n) is 14.4. The quantitative estimate of drug-likeness (QED) is 0.133.